The van der Waals surface area contributed by atoms with Gasteiger partial charge in [-0.1, -0.05) is 24.3 Å². The molecule has 0 saturated carbocycles. The molecule has 0 radical (unpaired) electrons. The molecule has 1 saturated heterocycles. The van der Waals surface area contributed by atoms with E-state index >= 15 is 0 Å². The highest BCUT2D eigenvalue weighted by atomic mass is 16.5. The van der Waals surface area contributed by atoms with Crippen LogP contribution in [0.15, 0.2) is 24.3 Å². The lowest BCUT2D eigenvalue weighted by atomic mass is 9.97. The molecule has 6 nitrogen and oxygen atoms in total. The number of methoxy groups -OCH3 is 1. The van der Waals surface area contributed by atoms with Crippen molar-refractivity contribution in [3.63, 3.8) is 0 Å². The van der Waals surface area contributed by atoms with Gasteiger partial charge in [-0.25, -0.2) is 0 Å². The molecule has 2 heterocycles. The van der Waals surface area contributed by atoms with Gasteiger partial charge in [0.25, 0.3) is 0 Å². The van der Waals surface area contributed by atoms with Crippen LogP contribution < -0.4 is 0 Å². The predicted molar refractivity (Wildman–Crippen MR) is 97.7 cm³/mol. The molecule has 0 bridgehead atoms. The Labute approximate surface area is 155 Å². The fourth-order valence-corrected chi connectivity index (χ4v) is 3.83. The smallest absolute Gasteiger partial charge is 0.227 e. The third-order valence-electron chi connectivity index (χ3n) is 5.25. The molecule has 1 aromatic rings. The van der Waals surface area contributed by atoms with E-state index in [1.165, 1.54) is 11.1 Å². The first-order valence-electron chi connectivity index (χ1n) is 9.31. The number of likely N-dealkylation sites (tertiary alicyclic amines) is 1. The molecule has 0 aliphatic carbocycles. The van der Waals surface area contributed by atoms with Gasteiger partial charge >= 0.3 is 0 Å². The highest BCUT2D eigenvalue weighted by Gasteiger charge is 2.36. The Morgan fingerprint density at radius 2 is 2.19 bits per heavy atom. The summed E-state index contributed by atoms with van der Waals surface area (Å²) in [7, 11) is 3.46. The van der Waals surface area contributed by atoms with Gasteiger partial charge in [-0.2, -0.15) is 0 Å². The van der Waals surface area contributed by atoms with Gasteiger partial charge in [-0.05, 0) is 24.0 Å². The molecule has 2 aliphatic rings. The van der Waals surface area contributed by atoms with Crippen molar-refractivity contribution in [3.05, 3.63) is 35.4 Å². The average molecular weight is 360 g/mol. The summed E-state index contributed by atoms with van der Waals surface area (Å²) in [4.78, 5) is 28.5. The third kappa shape index (κ3) is 4.24. The predicted octanol–water partition coefficient (Wildman–Crippen LogP) is 1.64. The standard InChI is InChI=1S/C20H28N2O4/c1-21(14-18-17-7-4-3-6-15(17)8-11-26-18)20(24)16-12-19(23)22(13-16)9-5-10-25-2/h3-4,6-7,16,18H,5,8-14H2,1-2H3/t16-,18-/m1/s1. The zero-order valence-electron chi connectivity index (χ0n) is 15.6. The number of hydrogen-bond donors (Lipinski definition) is 0. The molecule has 0 aromatic heterocycles. The van der Waals surface area contributed by atoms with Crippen LogP contribution in [-0.2, 0) is 25.5 Å². The Bertz CT molecular complexity index is 648. The van der Waals surface area contributed by atoms with Gasteiger partial charge in [-0.3, -0.25) is 9.59 Å². The number of rotatable bonds is 7. The van der Waals surface area contributed by atoms with Gasteiger partial charge in [0.1, 0.15) is 6.10 Å². The van der Waals surface area contributed by atoms with E-state index < -0.39 is 0 Å². The lowest BCUT2D eigenvalue weighted by molar-refractivity contribution is -0.136. The number of nitrogens with zero attached hydrogens (tertiary/aromatic N) is 2. The summed E-state index contributed by atoms with van der Waals surface area (Å²) in [5, 5.41) is 0. The molecule has 2 aliphatic heterocycles. The molecule has 0 N–H and O–H groups in total. The Hall–Kier alpha value is -1.92. The van der Waals surface area contributed by atoms with E-state index in [4.69, 9.17) is 9.47 Å². The van der Waals surface area contributed by atoms with Crippen molar-refractivity contribution >= 4 is 11.8 Å². The summed E-state index contributed by atoms with van der Waals surface area (Å²) in [6.07, 6.45) is 1.92. The lowest BCUT2D eigenvalue weighted by Gasteiger charge is -2.30. The number of benzene rings is 1. The molecule has 26 heavy (non-hydrogen) atoms. The van der Waals surface area contributed by atoms with E-state index in [1.807, 2.05) is 12.1 Å². The maximum Gasteiger partial charge on any atom is 0.227 e. The molecule has 3 rings (SSSR count). The van der Waals surface area contributed by atoms with Crippen molar-refractivity contribution in [1.82, 2.24) is 9.80 Å². The van der Waals surface area contributed by atoms with E-state index in [1.54, 1.807) is 24.0 Å². The molecule has 6 heteroatoms. The summed E-state index contributed by atoms with van der Waals surface area (Å²) in [6, 6.07) is 8.25. The minimum atomic E-state index is -0.256. The van der Waals surface area contributed by atoms with Gasteiger partial charge in [0.05, 0.1) is 19.1 Å². The summed E-state index contributed by atoms with van der Waals surface area (Å²) in [5.74, 6) is -0.166. The van der Waals surface area contributed by atoms with Crippen molar-refractivity contribution in [3.8, 4) is 0 Å². The van der Waals surface area contributed by atoms with Gasteiger partial charge in [0.2, 0.25) is 11.8 Å². The second-order valence-electron chi connectivity index (χ2n) is 7.11. The van der Waals surface area contributed by atoms with Crippen LogP contribution in [0.5, 0.6) is 0 Å². The van der Waals surface area contributed by atoms with Crippen LogP contribution in [0.2, 0.25) is 0 Å². The lowest BCUT2D eigenvalue weighted by Crippen LogP contribution is -2.38. The fourth-order valence-electron chi connectivity index (χ4n) is 3.83. The van der Waals surface area contributed by atoms with E-state index in [2.05, 4.69) is 12.1 Å². The number of carbonyl (C=O) groups is 2. The highest BCUT2D eigenvalue weighted by molar-refractivity contribution is 5.89. The quantitative estimate of drug-likeness (QED) is 0.694. The van der Waals surface area contributed by atoms with Crippen LogP contribution >= 0.6 is 0 Å². The normalized spacial score (nSPS) is 22.4. The van der Waals surface area contributed by atoms with Crippen molar-refractivity contribution in [2.75, 3.05) is 47.0 Å². The fraction of sp³-hybridized carbons (Fsp3) is 0.600. The molecule has 142 valence electrons. The van der Waals surface area contributed by atoms with Crippen LogP contribution in [-0.4, -0.2) is 68.6 Å². The Balaban J connectivity index is 1.56. The number of fused-ring (bicyclic) bond motifs is 1. The van der Waals surface area contributed by atoms with Crippen LogP contribution in [0.4, 0.5) is 0 Å². The van der Waals surface area contributed by atoms with Gasteiger partial charge < -0.3 is 19.3 Å². The first-order valence-corrected chi connectivity index (χ1v) is 9.31. The van der Waals surface area contributed by atoms with Crippen LogP contribution in [0.3, 0.4) is 0 Å². The average Bonchev–Trinajstić information content (AvgIpc) is 3.02. The molecule has 0 unspecified atom stereocenters. The number of likely N-dealkylation sites (N-methyl/N-ethyl adjacent to an activating group) is 1. The van der Waals surface area contributed by atoms with Gasteiger partial charge in [-0.15, -0.1) is 0 Å². The van der Waals surface area contributed by atoms with Crippen LogP contribution in [0.25, 0.3) is 0 Å². The van der Waals surface area contributed by atoms with Gasteiger partial charge in [0.15, 0.2) is 0 Å². The molecule has 1 aromatic carbocycles. The first kappa shape index (κ1) is 18.9. The number of carbonyl (C=O) groups excluding carboxylic acids is 2. The van der Waals surface area contributed by atoms with Crippen molar-refractivity contribution in [1.29, 1.82) is 0 Å². The molecular formula is C20H28N2O4. The third-order valence-corrected chi connectivity index (χ3v) is 5.25. The topological polar surface area (TPSA) is 59.1 Å². The molecule has 2 atom stereocenters. The van der Waals surface area contributed by atoms with E-state index in [0.717, 1.165) is 12.8 Å². The monoisotopic (exact) mass is 360 g/mol. The van der Waals surface area contributed by atoms with E-state index in [9.17, 15) is 9.59 Å². The second-order valence-corrected chi connectivity index (χ2v) is 7.11. The van der Waals surface area contributed by atoms with Crippen LogP contribution in [0, 0.1) is 5.92 Å². The minimum absolute atomic E-state index is 0.0271. The zero-order chi connectivity index (χ0) is 18.5. The van der Waals surface area contributed by atoms with E-state index in [0.29, 0.717) is 39.3 Å². The van der Waals surface area contributed by atoms with Crippen LogP contribution in [0.1, 0.15) is 30.1 Å². The number of hydrogen-bond acceptors (Lipinski definition) is 4. The Kier molecular flexibility index (Phi) is 6.27. The van der Waals surface area contributed by atoms with Crippen molar-refractivity contribution in [2.24, 2.45) is 5.92 Å². The summed E-state index contributed by atoms with van der Waals surface area (Å²) < 4.78 is 10.9. The minimum Gasteiger partial charge on any atom is -0.385 e. The Morgan fingerprint density at radius 3 is 3.00 bits per heavy atom. The van der Waals surface area contributed by atoms with E-state index in [-0.39, 0.29) is 23.8 Å². The molecule has 2 amide bonds. The summed E-state index contributed by atoms with van der Waals surface area (Å²) in [5.41, 5.74) is 2.46. The Morgan fingerprint density at radius 1 is 1.38 bits per heavy atom. The summed E-state index contributed by atoms with van der Waals surface area (Å²) in [6.45, 7) is 2.98. The highest BCUT2D eigenvalue weighted by Crippen LogP contribution is 2.28. The molecule has 0 spiro atoms. The zero-order valence-corrected chi connectivity index (χ0v) is 15.6. The first-order chi connectivity index (χ1) is 12.6. The number of ether oxygens (including phenoxy) is 2. The van der Waals surface area contributed by atoms with Crippen molar-refractivity contribution < 1.29 is 19.1 Å². The summed E-state index contributed by atoms with van der Waals surface area (Å²) >= 11 is 0. The largest absolute Gasteiger partial charge is 0.385 e. The second kappa shape index (κ2) is 8.64. The molecule has 1 fully saturated rings. The molecular weight excluding hydrogens is 332 g/mol. The number of amides is 2. The van der Waals surface area contributed by atoms with Gasteiger partial charge in [0, 0.05) is 40.3 Å². The SMILES string of the molecule is COCCCN1C[C@H](C(=O)N(C)C[C@H]2OCCc3ccccc32)CC1=O. The maximum atomic E-state index is 12.8. The van der Waals surface area contributed by atoms with Crippen molar-refractivity contribution in [2.45, 2.75) is 25.4 Å². The maximum absolute atomic E-state index is 12.8.